The van der Waals surface area contributed by atoms with Crippen LogP contribution in [-0.4, -0.2) is 47.6 Å². The van der Waals surface area contributed by atoms with Gasteiger partial charge in [-0.15, -0.1) is 0 Å². The first kappa shape index (κ1) is 22.0. The van der Waals surface area contributed by atoms with E-state index in [4.69, 9.17) is 0 Å². The predicted molar refractivity (Wildman–Crippen MR) is 81.0 cm³/mol. The van der Waals surface area contributed by atoms with Crippen molar-refractivity contribution in [2.24, 2.45) is 0 Å². The molecule has 12 heteroatoms. The van der Waals surface area contributed by atoms with Crippen LogP contribution in [0.1, 0.15) is 25.0 Å². The number of halogens is 6. The van der Waals surface area contributed by atoms with Gasteiger partial charge in [0.05, 0.1) is 12.8 Å². The molecule has 0 bridgehead atoms. The Morgan fingerprint density at radius 1 is 1.18 bits per heavy atom. The van der Waals surface area contributed by atoms with E-state index in [9.17, 15) is 46.1 Å². The third-order valence-corrected chi connectivity index (χ3v) is 4.41. The Morgan fingerprint density at radius 3 is 2.11 bits per heavy atom. The molecule has 156 valence electrons. The highest BCUT2D eigenvalue weighted by molar-refractivity contribution is 6.08. The quantitative estimate of drug-likeness (QED) is 0.584. The lowest BCUT2D eigenvalue weighted by Crippen LogP contribution is -2.52. The fourth-order valence-corrected chi connectivity index (χ4v) is 2.99. The Balaban J connectivity index is 2.85. The minimum atomic E-state index is -5.66. The zero-order valence-electron chi connectivity index (χ0n) is 14.6. The highest BCUT2D eigenvalue weighted by atomic mass is 19.4. The second kappa shape index (κ2) is 6.34. The van der Waals surface area contributed by atoms with E-state index in [1.165, 1.54) is 13.8 Å². The van der Waals surface area contributed by atoms with E-state index in [0.717, 1.165) is 0 Å². The van der Waals surface area contributed by atoms with Crippen LogP contribution in [0.4, 0.5) is 32.0 Å². The number of nitrogens with zero attached hydrogens (tertiary/aromatic N) is 1. The van der Waals surface area contributed by atoms with E-state index < -0.39 is 58.3 Å². The summed E-state index contributed by atoms with van der Waals surface area (Å²) < 4.78 is 84.6. The van der Waals surface area contributed by atoms with Crippen LogP contribution < -0.4 is 4.90 Å². The van der Waals surface area contributed by atoms with Crippen molar-refractivity contribution in [1.82, 2.24) is 0 Å². The van der Waals surface area contributed by atoms with Gasteiger partial charge in [-0.3, -0.25) is 4.79 Å². The molecule has 28 heavy (non-hydrogen) atoms. The summed E-state index contributed by atoms with van der Waals surface area (Å²) in [7, 11) is 0.544. The summed E-state index contributed by atoms with van der Waals surface area (Å²) in [5.41, 5.74) is -11.5. The number of amides is 1. The Kier molecular flexibility index (Phi) is 4.97. The van der Waals surface area contributed by atoms with Crippen molar-refractivity contribution in [3.05, 3.63) is 29.3 Å². The third-order valence-electron chi connectivity index (χ3n) is 4.41. The molecule has 0 aromatic heterocycles. The van der Waals surface area contributed by atoms with Crippen LogP contribution >= 0.6 is 0 Å². The minimum Gasteiger partial charge on any atom is -0.466 e. The molecule has 1 aromatic carbocycles. The monoisotopic (exact) mass is 415 g/mol. The number of alkyl halides is 6. The van der Waals surface area contributed by atoms with Gasteiger partial charge in [0.1, 0.15) is 0 Å². The number of hydrogen-bond acceptors (Lipinski definition) is 5. The molecule has 2 rings (SSSR count). The van der Waals surface area contributed by atoms with Gasteiger partial charge >= 0.3 is 18.3 Å². The number of esters is 1. The number of carbonyl (C=O) groups excluding carboxylic acids is 2. The molecule has 2 atom stereocenters. The van der Waals surface area contributed by atoms with Gasteiger partial charge in [-0.25, -0.2) is 4.79 Å². The minimum absolute atomic E-state index is 0.132. The number of rotatable bonds is 3. The Bertz CT molecular complexity index is 821. The summed E-state index contributed by atoms with van der Waals surface area (Å²) in [6, 6.07) is 0.476. The molecule has 1 aliphatic rings. The molecule has 1 aromatic rings. The number of anilines is 1. The number of fused-ring (bicyclic) bond motifs is 1. The van der Waals surface area contributed by atoms with Gasteiger partial charge in [0.2, 0.25) is 0 Å². The van der Waals surface area contributed by atoms with Gasteiger partial charge in [0, 0.05) is 17.2 Å². The van der Waals surface area contributed by atoms with Crippen molar-refractivity contribution in [3.8, 4) is 0 Å². The second-order valence-corrected chi connectivity index (χ2v) is 6.41. The zero-order valence-corrected chi connectivity index (χ0v) is 14.6. The molecule has 0 radical (unpaired) electrons. The Hall–Kier alpha value is -2.34. The number of hydrogen-bond donors (Lipinski definition) is 2. The number of methoxy groups -OCH3 is 1. The number of benzene rings is 1. The van der Waals surface area contributed by atoms with Gasteiger partial charge < -0.3 is 19.8 Å². The first-order chi connectivity index (χ1) is 12.5. The van der Waals surface area contributed by atoms with Gasteiger partial charge in [-0.1, -0.05) is 6.07 Å². The molecular formula is C16H15F6NO5. The Labute approximate surface area is 154 Å². The molecular weight excluding hydrogens is 400 g/mol. The van der Waals surface area contributed by atoms with Crippen molar-refractivity contribution in [3.63, 3.8) is 0 Å². The second-order valence-electron chi connectivity index (χ2n) is 6.41. The van der Waals surface area contributed by atoms with E-state index in [1.807, 2.05) is 0 Å². The van der Waals surface area contributed by atoms with Crippen molar-refractivity contribution in [1.29, 1.82) is 0 Å². The summed E-state index contributed by atoms with van der Waals surface area (Å²) in [5.74, 6) is -4.00. The standard InChI is InChI=1S/C16H15F6NO5/c1-7(2)23-10-5-4-8(13(26,12(25)28-3)15(17,18)19)6-9(10)14(27,11(23)24)16(20,21)22/h4-7,26-27H,1-3H3/t13-,14+/m1/s1. The van der Waals surface area contributed by atoms with Crippen molar-refractivity contribution in [2.45, 2.75) is 43.4 Å². The fraction of sp³-hybridized carbons (Fsp3) is 0.500. The number of carbonyl (C=O) groups is 2. The average Bonchev–Trinajstić information content (AvgIpc) is 2.80. The van der Waals surface area contributed by atoms with Gasteiger partial charge in [-0.2, -0.15) is 26.3 Å². The Morgan fingerprint density at radius 2 is 1.71 bits per heavy atom. The highest BCUT2D eigenvalue weighted by Gasteiger charge is 2.68. The van der Waals surface area contributed by atoms with Crippen molar-refractivity contribution >= 4 is 17.6 Å². The topological polar surface area (TPSA) is 87.1 Å². The molecule has 0 saturated heterocycles. The largest absolute Gasteiger partial charge is 0.466 e. The molecule has 0 spiro atoms. The van der Waals surface area contributed by atoms with Crippen LogP contribution in [-0.2, 0) is 25.5 Å². The number of ether oxygens (including phenoxy) is 1. The molecule has 6 nitrogen and oxygen atoms in total. The van der Waals surface area contributed by atoms with E-state index >= 15 is 0 Å². The molecule has 0 aliphatic carbocycles. The molecule has 0 fully saturated rings. The lowest BCUT2D eigenvalue weighted by atomic mass is 9.87. The van der Waals surface area contributed by atoms with E-state index in [1.54, 1.807) is 0 Å². The lowest BCUT2D eigenvalue weighted by molar-refractivity contribution is -0.267. The first-order valence-electron chi connectivity index (χ1n) is 7.70. The number of aliphatic hydroxyl groups is 2. The SMILES string of the molecule is COC(=O)[C@](O)(c1ccc2c(c1)[C@@](O)(C(F)(F)F)C(=O)N2C(C)C)C(F)(F)F. The zero-order chi connectivity index (χ0) is 21.9. The maximum absolute atomic E-state index is 13.5. The van der Waals surface area contributed by atoms with Gasteiger partial charge in [0.15, 0.2) is 0 Å². The normalized spacial score (nSPS) is 22.3. The van der Waals surface area contributed by atoms with Crippen LogP contribution in [0.15, 0.2) is 18.2 Å². The maximum atomic E-state index is 13.5. The molecule has 0 saturated carbocycles. The van der Waals surface area contributed by atoms with Gasteiger partial charge in [0.25, 0.3) is 17.1 Å². The lowest BCUT2D eigenvalue weighted by Gasteiger charge is -2.29. The molecule has 1 heterocycles. The molecule has 1 amide bonds. The van der Waals surface area contributed by atoms with Crippen molar-refractivity contribution < 1.29 is 50.9 Å². The highest BCUT2D eigenvalue weighted by Crippen LogP contribution is 2.52. The van der Waals surface area contributed by atoms with E-state index in [2.05, 4.69) is 4.74 Å². The summed E-state index contributed by atoms with van der Waals surface area (Å²) in [6.45, 7) is 2.66. The average molecular weight is 415 g/mol. The summed E-state index contributed by atoms with van der Waals surface area (Å²) >= 11 is 0. The van der Waals surface area contributed by atoms with Crippen LogP contribution in [0.5, 0.6) is 0 Å². The summed E-state index contributed by atoms with van der Waals surface area (Å²) in [4.78, 5) is 24.5. The van der Waals surface area contributed by atoms with Crippen LogP contribution in [0.2, 0.25) is 0 Å². The summed E-state index contributed by atoms with van der Waals surface area (Å²) in [6.07, 6.45) is -11.2. The molecule has 0 unspecified atom stereocenters. The van der Waals surface area contributed by atoms with Crippen LogP contribution in [0, 0.1) is 0 Å². The van der Waals surface area contributed by atoms with Crippen molar-refractivity contribution in [2.75, 3.05) is 12.0 Å². The molecule has 1 aliphatic heterocycles. The van der Waals surface area contributed by atoms with Crippen LogP contribution in [0.25, 0.3) is 0 Å². The fourth-order valence-electron chi connectivity index (χ4n) is 2.99. The maximum Gasteiger partial charge on any atom is 0.432 e. The third kappa shape index (κ3) is 2.73. The smallest absolute Gasteiger partial charge is 0.432 e. The van der Waals surface area contributed by atoms with Gasteiger partial charge in [-0.05, 0) is 26.0 Å². The van der Waals surface area contributed by atoms with Crippen LogP contribution in [0.3, 0.4) is 0 Å². The van der Waals surface area contributed by atoms with E-state index in [-0.39, 0.29) is 6.07 Å². The summed E-state index contributed by atoms with van der Waals surface area (Å²) in [5, 5.41) is 20.1. The van der Waals surface area contributed by atoms with E-state index in [0.29, 0.717) is 24.1 Å². The predicted octanol–water partition coefficient (Wildman–Crippen LogP) is 2.11. The molecule has 2 N–H and O–H groups in total. The first-order valence-corrected chi connectivity index (χ1v) is 7.70.